The Labute approximate surface area is 178 Å². The summed E-state index contributed by atoms with van der Waals surface area (Å²) < 4.78 is 17.6. The number of hydrogen-bond donors (Lipinski definition) is 0. The quantitative estimate of drug-likeness (QED) is 0.307. The number of benzene rings is 2. The molecule has 0 aliphatic carbocycles. The first-order valence-electron chi connectivity index (χ1n) is 10.1. The predicted octanol–water partition coefficient (Wildman–Crippen LogP) is 6.86. The van der Waals surface area contributed by atoms with E-state index in [4.69, 9.17) is 13.6 Å². The highest BCUT2D eigenvalue weighted by Crippen LogP contribution is 2.18. The molecular formula is C24H34O3Si2. The van der Waals surface area contributed by atoms with Crippen LogP contribution >= 0.6 is 0 Å². The lowest BCUT2D eigenvalue weighted by Gasteiger charge is -2.19. The maximum Gasteiger partial charge on any atom is 0.242 e. The van der Waals surface area contributed by atoms with Crippen LogP contribution in [0.15, 0.2) is 60.7 Å². The van der Waals surface area contributed by atoms with Crippen molar-refractivity contribution in [3.63, 3.8) is 0 Å². The van der Waals surface area contributed by atoms with Gasteiger partial charge in [-0.05, 0) is 74.7 Å². The highest BCUT2D eigenvalue weighted by molar-refractivity contribution is 6.70. The minimum atomic E-state index is -1.55. The van der Waals surface area contributed by atoms with Gasteiger partial charge < -0.3 is 13.6 Å². The van der Waals surface area contributed by atoms with Crippen molar-refractivity contribution in [3.8, 4) is 11.5 Å². The average molecular weight is 427 g/mol. The second-order valence-corrected chi connectivity index (χ2v) is 17.8. The van der Waals surface area contributed by atoms with Gasteiger partial charge in [-0.3, -0.25) is 0 Å². The van der Waals surface area contributed by atoms with Gasteiger partial charge in [0, 0.05) is 0 Å². The minimum absolute atomic E-state index is 0.584. The Balaban J connectivity index is 1.70. The van der Waals surface area contributed by atoms with E-state index >= 15 is 0 Å². The number of ether oxygens (including phenoxy) is 1. The van der Waals surface area contributed by atoms with E-state index < -0.39 is 16.6 Å². The Hall–Kier alpha value is -2.09. The van der Waals surface area contributed by atoms with E-state index in [1.165, 1.54) is 0 Å². The van der Waals surface area contributed by atoms with Crippen LogP contribution < -0.4 is 8.85 Å². The molecule has 156 valence electrons. The van der Waals surface area contributed by atoms with Crippen LogP contribution in [0.5, 0.6) is 11.5 Å². The van der Waals surface area contributed by atoms with Crippen LogP contribution in [0.25, 0.3) is 12.2 Å². The van der Waals surface area contributed by atoms with Crippen molar-refractivity contribution in [2.24, 2.45) is 0 Å². The van der Waals surface area contributed by atoms with Crippen LogP contribution in [0.3, 0.4) is 0 Å². The maximum atomic E-state index is 5.97. The Morgan fingerprint density at radius 2 is 0.931 bits per heavy atom. The van der Waals surface area contributed by atoms with Crippen molar-refractivity contribution < 1.29 is 13.6 Å². The summed E-state index contributed by atoms with van der Waals surface area (Å²) in [6.45, 7) is 14.3. The van der Waals surface area contributed by atoms with E-state index in [1.54, 1.807) is 0 Å². The van der Waals surface area contributed by atoms with E-state index in [1.807, 2.05) is 36.4 Å². The molecule has 0 fully saturated rings. The molecule has 0 amide bonds. The molecular weight excluding hydrogens is 392 g/mol. The topological polar surface area (TPSA) is 27.7 Å². The zero-order valence-electron chi connectivity index (χ0n) is 18.6. The van der Waals surface area contributed by atoms with Gasteiger partial charge in [0.2, 0.25) is 16.6 Å². The average Bonchev–Trinajstić information content (AvgIpc) is 2.61. The van der Waals surface area contributed by atoms with Gasteiger partial charge in [0.25, 0.3) is 0 Å². The molecule has 0 aliphatic rings. The van der Waals surface area contributed by atoms with Crippen LogP contribution in [-0.4, -0.2) is 29.8 Å². The van der Waals surface area contributed by atoms with Gasteiger partial charge in [-0.2, -0.15) is 0 Å². The summed E-state index contributed by atoms with van der Waals surface area (Å²) in [7, 11) is -3.09. The molecule has 0 saturated heterocycles. The molecule has 2 aromatic carbocycles. The van der Waals surface area contributed by atoms with Gasteiger partial charge >= 0.3 is 0 Å². The van der Waals surface area contributed by atoms with Crippen LogP contribution in [0.4, 0.5) is 0 Å². The molecule has 0 heterocycles. The summed E-state index contributed by atoms with van der Waals surface area (Å²) in [5.74, 6) is 1.89. The molecule has 0 aliphatic heterocycles. The lowest BCUT2D eigenvalue weighted by atomic mass is 10.2. The zero-order valence-corrected chi connectivity index (χ0v) is 20.6. The van der Waals surface area contributed by atoms with Gasteiger partial charge in [0.05, 0.1) is 13.2 Å². The molecule has 2 rings (SSSR count). The minimum Gasteiger partial charge on any atom is -0.544 e. The normalized spacial score (nSPS) is 12.6. The monoisotopic (exact) mass is 426 g/mol. The van der Waals surface area contributed by atoms with Gasteiger partial charge in [-0.1, -0.05) is 48.6 Å². The molecule has 3 nitrogen and oxygen atoms in total. The van der Waals surface area contributed by atoms with E-state index in [0.717, 1.165) is 22.6 Å². The van der Waals surface area contributed by atoms with E-state index in [9.17, 15) is 0 Å². The predicted molar refractivity (Wildman–Crippen MR) is 130 cm³/mol. The van der Waals surface area contributed by atoms with E-state index in [-0.39, 0.29) is 0 Å². The van der Waals surface area contributed by atoms with Gasteiger partial charge in [-0.15, -0.1) is 0 Å². The smallest absolute Gasteiger partial charge is 0.242 e. The molecule has 0 N–H and O–H groups in total. The first-order chi connectivity index (χ1) is 13.6. The molecule has 0 bridgehead atoms. The second-order valence-electron chi connectivity index (χ2n) is 8.91. The summed E-state index contributed by atoms with van der Waals surface area (Å²) in [6, 6.07) is 16.4. The Kier molecular flexibility index (Phi) is 8.50. The standard InChI is InChI=1S/C24H34O3Si2/c1-28(2,3)26-23-15-11-21(12-16-23)9-7-19-25-20-8-10-22-13-17-24(18-14-22)27-29(4,5)6/h7-18H,19-20H2,1-6H3. The molecule has 0 aromatic heterocycles. The number of rotatable bonds is 10. The van der Waals surface area contributed by atoms with E-state index in [0.29, 0.717) is 13.2 Å². The van der Waals surface area contributed by atoms with Crippen molar-refractivity contribution in [1.29, 1.82) is 0 Å². The fourth-order valence-corrected chi connectivity index (χ4v) is 4.26. The Bertz CT molecular complexity index is 727. The Morgan fingerprint density at radius 1 is 0.586 bits per heavy atom. The third kappa shape index (κ3) is 10.3. The van der Waals surface area contributed by atoms with Crippen molar-refractivity contribution in [3.05, 3.63) is 71.8 Å². The maximum absolute atomic E-state index is 5.97. The summed E-state index contributed by atoms with van der Waals surface area (Å²) in [6.07, 6.45) is 8.20. The molecule has 0 unspecified atom stereocenters. The molecule has 0 saturated carbocycles. The number of hydrogen-bond acceptors (Lipinski definition) is 3. The van der Waals surface area contributed by atoms with Gasteiger partial charge in [0.15, 0.2) is 0 Å². The summed E-state index contributed by atoms with van der Waals surface area (Å²) >= 11 is 0. The lowest BCUT2D eigenvalue weighted by Crippen LogP contribution is -2.29. The van der Waals surface area contributed by atoms with Crippen LogP contribution in [0.2, 0.25) is 39.3 Å². The highest BCUT2D eigenvalue weighted by atomic mass is 28.4. The zero-order chi connectivity index (χ0) is 21.3. The van der Waals surface area contributed by atoms with Gasteiger partial charge in [0.1, 0.15) is 11.5 Å². The molecule has 0 radical (unpaired) electrons. The van der Waals surface area contributed by atoms with Crippen LogP contribution in [0.1, 0.15) is 11.1 Å². The summed E-state index contributed by atoms with van der Waals surface area (Å²) in [5, 5.41) is 0. The summed E-state index contributed by atoms with van der Waals surface area (Å²) in [4.78, 5) is 0. The molecule has 5 heteroatoms. The molecule has 0 spiro atoms. The third-order valence-corrected chi connectivity index (χ3v) is 5.35. The van der Waals surface area contributed by atoms with Crippen molar-refractivity contribution in [1.82, 2.24) is 0 Å². The second kappa shape index (κ2) is 10.6. The van der Waals surface area contributed by atoms with Crippen molar-refractivity contribution >= 4 is 28.8 Å². The SMILES string of the molecule is C[Si](C)(C)Oc1ccc(C=CCOCC=Cc2ccc(O[Si](C)(C)C)cc2)cc1. The Morgan fingerprint density at radius 3 is 1.24 bits per heavy atom. The molecule has 0 atom stereocenters. The van der Waals surface area contributed by atoms with Crippen molar-refractivity contribution in [2.75, 3.05) is 13.2 Å². The fraction of sp³-hybridized carbons (Fsp3) is 0.333. The largest absolute Gasteiger partial charge is 0.544 e. The first-order valence-corrected chi connectivity index (χ1v) is 16.9. The van der Waals surface area contributed by atoms with Crippen LogP contribution in [0, 0.1) is 0 Å². The van der Waals surface area contributed by atoms with Gasteiger partial charge in [-0.25, -0.2) is 0 Å². The fourth-order valence-electron chi connectivity index (χ4n) is 2.57. The third-order valence-electron chi connectivity index (χ3n) is 3.66. The highest BCUT2D eigenvalue weighted by Gasteiger charge is 2.16. The lowest BCUT2D eigenvalue weighted by molar-refractivity contribution is 0.195. The molecule has 29 heavy (non-hydrogen) atoms. The first kappa shape index (κ1) is 23.2. The van der Waals surface area contributed by atoms with E-state index in [2.05, 4.69) is 75.7 Å². The molecule has 2 aromatic rings. The van der Waals surface area contributed by atoms with Crippen molar-refractivity contribution in [2.45, 2.75) is 39.3 Å². The van der Waals surface area contributed by atoms with Crippen LogP contribution in [-0.2, 0) is 4.74 Å². The summed E-state index contributed by atoms with van der Waals surface area (Å²) in [5.41, 5.74) is 2.29.